The highest BCUT2D eigenvalue weighted by atomic mass is 31.1. The van der Waals surface area contributed by atoms with E-state index in [9.17, 15) is 4.79 Å². The second kappa shape index (κ2) is 7.76. The SMILES string of the molecule is CC(=O)NC(=CP(c1ccccc1)c1ccccc1)c1ccco1. The van der Waals surface area contributed by atoms with Crippen LogP contribution in [0.15, 0.2) is 89.3 Å². The molecule has 0 saturated carbocycles. The van der Waals surface area contributed by atoms with Crippen LogP contribution in [0, 0.1) is 0 Å². The summed E-state index contributed by atoms with van der Waals surface area (Å²) in [4.78, 5) is 11.6. The van der Waals surface area contributed by atoms with E-state index in [1.807, 2.05) is 48.5 Å². The standard InChI is InChI=1S/C20H18NO2P/c1-16(22)21-19(20-13-8-14-23-20)15-24(17-9-4-2-5-10-17)18-11-6-3-7-12-18/h2-15H,1H3,(H,21,22). The Morgan fingerprint density at radius 3 is 1.96 bits per heavy atom. The number of carbonyl (C=O) groups is 1. The van der Waals surface area contributed by atoms with Gasteiger partial charge in [0.2, 0.25) is 5.91 Å². The molecule has 0 fully saturated rings. The largest absolute Gasteiger partial charge is 0.463 e. The first-order valence-electron chi connectivity index (χ1n) is 7.66. The first-order valence-corrected chi connectivity index (χ1v) is 9.08. The minimum absolute atomic E-state index is 0.117. The van der Waals surface area contributed by atoms with Crippen molar-refractivity contribution in [3.8, 4) is 0 Å². The van der Waals surface area contributed by atoms with Crippen LogP contribution in [0.3, 0.4) is 0 Å². The van der Waals surface area contributed by atoms with Gasteiger partial charge in [-0.1, -0.05) is 60.7 Å². The van der Waals surface area contributed by atoms with Gasteiger partial charge >= 0.3 is 0 Å². The third kappa shape index (κ3) is 4.01. The Morgan fingerprint density at radius 1 is 0.917 bits per heavy atom. The number of hydrogen-bond acceptors (Lipinski definition) is 2. The molecule has 0 aliphatic rings. The summed E-state index contributed by atoms with van der Waals surface area (Å²) in [6, 6.07) is 24.3. The number of rotatable bonds is 5. The third-order valence-corrected chi connectivity index (χ3v) is 5.65. The van der Waals surface area contributed by atoms with Gasteiger partial charge in [0, 0.05) is 6.92 Å². The van der Waals surface area contributed by atoms with Crippen molar-refractivity contribution in [2.75, 3.05) is 0 Å². The van der Waals surface area contributed by atoms with Gasteiger partial charge in [0.05, 0.1) is 12.0 Å². The summed E-state index contributed by atoms with van der Waals surface area (Å²) < 4.78 is 5.50. The molecule has 4 heteroatoms. The Labute approximate surface area is 142 Å². The number of benzene rings is 2. The van der Waals surface area contributed by atoms with E-state index in [2.05, 4.69) is 35.4 Å². The van der Waals surface area contributed by atoms with Gasteiger partial charge in [0.15, 0.2) is 0 Å². The molecule has 3 rings (SSSR count). The fourth-order valence-electron chi connectivity index (χ4n) is 2.38. The van der Waals surface area contributed by atoms with Crippen LogP contribution >= 0.6 is 7.92 Å². The molecule has 1 heterocycles. The van der Waals surface area contributed by atoms with Gasteiger partial charge in [0.1, 0.15) is 5.76 Å². The van der Waals surface area contributed by atoms with Crippen LogP contribution in [-0.2, 0) is 4.79 Å². The maximum atomic E-state index is 11.6. The molecule has 1 N–H and O–H groups in total. The minimum Gasteiger partial charge on any atom is -0.463 e. The van der Waals surface area contributed by atoms with Crippen molar-refractivity contribution in [3.63, 3.8) is 0 Å². The molecule has 0 spiro atoms. The van der Waals surface area contributed by atoms with E-state index in [4.69, 9.17) is 4.42 Å². The van der Waals surface area contributed by atoms with Crippen molar-refractivity contribution in [2.45, 2.75) is 6.92 Å². The summed E-state index contributed by atoms with van der Waals surface area (Å²) in [6.07, 6.45) is 1.61. The van der Waals surface area contributed by atoms with E-state index in [0.717, 1.165) is 0 Å². The lowest BCUT2D eigenvalue weighted by atomic mass is 10.3. The van der Waals surface area contributed by atoms with Gasteiger partial charge in [-0.25, -0.2) is 0 Å². The minimum atomic E-state index is -0.762. The lowest BCUT2D eigenvalue weighted by Gasteiger charge is -2.16. The van der Waals surface area contributed by atoms with Crippen molar-refractivity contribution >= 4 is 30.1 Å². The van der Waals surface area contributed by atoms with E-state index in [1.165, 1.54) is 17.5 Å². The first kappa shape index (κ1) is 16.2. The van der Waals surface area contributed by atoms with E-state index < -0.39 is 7.92 Å². The van der Waals surface area contributed by atoms with Crippen LogP contribution in [0.5, 0.6) is 0 Å². The van der Waals surface area contributed by atoms with E-state index in [0.29, 0.717) is 11.5 Å². The second-order valence-corrected chi connectivity index (χ2v) is 7.27. The second-order valence-electron chi connectivity index (χ2n) is 5.24. The summed E-state index contributed by atoms with van der Waals surface area (Å²) in [5.41, 5.74) is 0.700. The molecule has 0 radical (unpaired) electrons. The molecule has 3 nitrogen and oxygen atoms in total. The zero-order valence-corrected chi connectivity index (χ0v) is 14.2. The molecular formula is C20H18NO2P. The van der Waals surface area contributed by atoms with Gasteiger partial charge < -0.3 is 9.73 Å². The highest BCUT2D eigenvalue weighted by Gasteiger charge is 2.15. The molecule has 3 aromatic rings. The molecule has 0 aliphatic carbocycles. The monoisotopic (exact) mass is 335 g/mol. The predicted octanol–water partition coefficient (Wildman–Crippen LogP) is 3.85. The van der Waals surface area contributed by atoms with Crippen LogP contribution in [0.25, 0.3) is 5.70 Å². The molecule has 24 heavy (non-hydrogen) atoms. The van der Waals surface area contributed by atoms with E-state index in [1.54, 1.807) is 6.26 Å². The number of nitrogens with one attached hydrogen (secondary N) is 1. The highest BCUT2D eigenvalue weighted by Crippen LogP contribution is 2.37. The van der Waals surface area contributed by atoms with Gasteiger partial charge in [-0.3, -0.25) is 4.79 Å². The number of furan rings is 1. The van der Waals surface area contributed by atoms with Crippen LogP contribution in [0.1, 0.15) is 12.7 Å². The van der Waals surface area contributed by atoms with Crippen molar-refractivity contribution in [3.05, 3.63) is 90.6 Å². The molecule has 0 atom stereocenters. The topological polar surface area (TPSA) is 42.2 Å². The number of hydrogen-bond donors (Lipinski definition) is 1. The fraction of sp³-hybridized carbons (Fsp3) is 0.0500. The Kier molecular flexibility index (Phi) is 5.25. The zero-order chi connectivity index (χ0) is 16.8. The van der Waals surface area contributed by atoms with Gasteiger partial charge in [0.25, 0.3) is 0 Å². The number of carbonyl (C=O) groups excluding carboxylic acids is 1. The molecule has 0 bridgehead atoms. The summed E-state index contributed by atoms with van der Waals surface area (Å²) in [6.45, 7) is 1.50. The molecule has 2 aromatic carbocycles. The van der Waals surface area contributed by atoms with Crippen molar-refractivity contribution in [1.82, 2.24) is 5.32 Å². The van der Waals surface area contributed by atoms with Gasteiger partial charge in [-0.05, 0) is 36.5 Å². The average Bonchev–Trinajstić information content (AvgIpc) is 3.14. The molecule has 0 saturated heterocycles. The lowest BCUT2D eigenvalue weighted by molar-refractivity contribution is -0.117. The molecule has 1 amide bonds. The van der Waals surface area contributed by atoms with Crippen LogP contribution in [0.4, 0.5) is 0 Å². The third-order valence-electron chi connectivity index (χ3n) is 3.42. The highest BCUT2D eigenvalue weighted by molar-refractivity contribution is 7.76. The maximum absolute atomic E-state index is 11.6. The quantitative estimate of drug-likeness (QED) is 0.720. The molecular weight excluding hydrogens is 317 g/mol. The van der Waals surface area contributed by atoms with Crippen LogP contribution < -0.4 is 15.9 Å². The first-order chi connectivity index (χ1) is 11.7. The summed E-state index contributed by atoms with van der Waals surface area (Å²) in [7, 11) is -0.762. The summed E-state index contributed by atoms with van der Waals surface area (Å²) in [5, 5.41) is 5.33. The van der Waals surface area contributed by atoms with Crippen molar-refractivity contribution in [2.24, 2.45) is 0 Å². The summed E-state index contributed by atoms with van der Waals surface area (Å²) in [5.74, 6) is 2.64. The predicted molar refractivity (Wildman–Crippen MR) is 99.6 cm³/mol. The molecule has 0 unspecified atom stereocenters. The average molecular weight is 335 g/mol. The molecule has 120 valence electrons. The Bertz CT molecular complexity index is 772. The van der Waals surface area contributed by atoms with Crippen molar-refractivity contribution in [1.29, 1.82) is 0 Å². The maximum Gasteiger partial charge on any atom is 0.221 e. The van der Waals surface area contributed by atoms with Crippen molar-refractivity contribution < 1.29 is 9.21 Å². The molecule has 1 aromatic heterocycles. The van der Waals surface area contributed by atoms with E-state index >= 15 is 0 Å². The zero-order valence-electron chi connectivity index (χ0n) is 13.3. The van der Waals surface area contributed by atoms with E-state index in [-0.39, 0.29) is 5.91 Å². The smallest absolute Gasteiger partial charge is 0.221 e. The lowest BCUT2D eigenvalue weighted by Crippen LogP contribution is -2.19. The Hall–Kier alpha value is -2.64. The molecule has 0 aliphatic heterocycles. The van der Waals surface area contributed by atoms with Gasteiger partial charge in [-0.15, -0.1) is 0 Å². The van der Waals surface area contributed by atoms with Gasteiger partial charge in [-0.2, -0.15) is 0 Å². The van der Waals surface area contributed by atoms with Crippen LogP contribution in [0.2, 0.25) is 0 Å². The fourth-order valence-corrected chi connectivity index (χ4v) is 4.42. The normalized spacial score (nSPS) is 11.5. The summed E-state index contributed by atoms with van der Waals surface area (Å²) >= 11 is 0. The van der Waals surface area contributed by atoms with Crippen LogP contribution in [-0.4, -0.2) is 5.91 Å². The Morgan fingerprint density at radius 2 is 1.50 bits per heavy atom. The Balaban J connectivity index is 2.08. The number of amides is 1.